The Morgan fingerprint density at radius 3 is 2.73 bits per heavy atom. The van der Waals surface area contributed by atoms with Gasteiger partial charge in [0.1, 0.15) is 0 Å². The van der Waals surface area contributed by atoms with Crippen LogP contribution in [-0.2, 0) is 0 Å². The van der Waals surface area contributed by atoms with E-state index in [0.717, 1.165) is 6.42 Å². The van der Waals surface area contributed by atoms with Crippen LogP contribution >= 0.6 is 0 Å². The average molecular weight is 149 g/mol. The summed E-state index contributed by atoms with van der Waals surface area (Å²) in [5.41, 5.74) is 2.59. The lowest BCUT2D eigenvalue weighted by atomic mass is 9.96. The Kier molecular flexibility index (Phi) is 3.09. The Hall–Kier alpha value is -0.850. The summed E-state index contributed by atoms with van der Waals surface area (Å²) in [6.07, 6.45) is 9.10. The van der Waals surface area contributed by atoms with Crippen LogP contribution in [0.25, 0.3) is 0 Å². The molecule has 0 aromatic heterocycles. The fraction of sp³-hybridized carbons (Fsp3) is 0.500. The minimum atomic E-state index is 1.11. The molecule has 0 saturated heterocycles. The first-order chi connectivity index (χ1) is 5.38. The van der Waals surface area contributed by atoms with Crippen LogP contribution in [0.1, 0.15) is 32.6 Å². The van der Waals surface area contributed by atoms with Crippen molar-refractivity contribution in [1.29, 1.82) is 0 Å². The summed E-state index contributed by atoms with van der Waals surface area (Å²) < 4.78 is 0. The van der Waals surface area contributed by atoms with Gasteiger partial charge in [0.25, 0.3) is 0 Å². The molecular weight excluding hydrogens is 134 g/mol. The molecule has 0 bridgehead atoms. The fourth-order valence-electron chi connectivity index (χ4n) is 1.47. The number of rotatable bonds is 2. The van der Waals surface area contributed by atoms with E-state index in [-0.39, 0.29) is 0 Å². The Labute approximate surface area is 68.5 Å². The van der Waals surface area contributed by atoms with Gasteiger partial charge in [-0.3, -0.25) is 4.99 Å². The highest BCUT2D eigenvalue weighted by atomic mass is 14.7. The Morgan fingerprint density at radius 2 is 2.09 bits per heavy atom. The molecule has 0 aliphatic heterocycles. The molecule has 0 unspecified atom stereocenters. The minimum absolute atomic E-state index is 1.11. The van der Waals surface area contributed by atoms with Crippen LogP contribution in [0.2, 0.25) is 0 Å². The van der Waals surface area contributed by atoms with Gasteiger partial charge in [0.2, 0.25) is 0 Å². The van der Waals surface area contributed by atoms with Crippen molar-refractivity contribution in [1.82, 2.24) is 0 Å². The molecule has 0 fully saturated rings. The summed E-state index contributed by atoms with van der Waals surface area (Å²) in [6.45, 7) is 5.62. The molecule has 0 amide bonds. The van der Waals surface area contributed by atoms with E-state index in [4.69, 9.17) is 0 Å². The zero-order valence-corrected chi connectivity index (χ0v) is 7.14. The van der Waals surface area contributed by atoms with Gasteiger partial charge in [-0.15, -0.1) is 0 Å². The highest BCUT2D eigenvalue weighted by Gasteiger charge is 2.07. The van der Waals surface area contributed by atoms with E-state index in [1.165, 1.54) is 30.5 Å². The van der Waals surface area contributed by atoms with Gasteiger partial charge in [-0.25, -0.2) is 0 Å². The van der Waals surface area contributed by atoms with Crippen molar-refractivity contribution in [3.05, 3.63) is 23.4 Å². The zero-order valence-electron chi connectivity index (χ0n) is 7.14. The van der Waals surface area contributed by atoms with Crippen molar-refractivity contribution in [3.63, 3.8) is 0 Å². The van der Waals surface area contributed by atoms with Gasteiger partial charge >= 0.3 is 0 Å². The molecule has 1 rings (SSSR count). The van der Waals surface area contributed by atoms with Crippen molar-refractivity contribution in [2.45, 2.75) is 32.6 Å². The van der Waals surface area contributed by atoms with Gasteiger partial charge in [0.05, 0.1) is 0 Å². The normalized spacial score (nSPS) is 19.4. The predicted molar refractivity (Wildman–Crippen MR) is 49.9 cm³/mol. The third kappa shape index (κ3) is 2.04. The number of nitrogens with zero attached hydrogens (tertiary/aromatic N) is 1. The molecule has 0 atom stereocenters. The maximum atomic E-state index is 4.03. The monoisotopic (exact) mass is 149 g/mol. The van der Waals surface area contributed by atoms with E-state index in [2.05, 4.69) is 23.9 Å². The standard InChI is InChI=1S/C10H15N/c1-3-6-9-7-4-5-8-10(9)11-2/h3,6H,2,4-5,7-8H2,1H3/b6-3-. The molecule has 60 valence electrons. The summed E-state index contributed by atoms with van der Waals surface area (Å²) in [6, 6.07) is 0. The van der Waals surface area contributed by atoms with Crippen molar-refractivity contribution in [3.8, 4) is 0 Å². The smallest absolute Gasteiger partial charge is 0.0428 e. The van der Waals surface area contributed by atoms with E-state index in [0.29, 0.717) is 0 Å². The lowest BCUT2D eigenvalue weighted by Crippen LogP contribution is -1.95. The predicted octanol–water partition coefficient (Wildman–Crippen LogP) is 3.09. The largest absolute Gasteiger partial charge is 0.269 e. The van der Waals surface area contributed by atoms with Gasteiger partial charge in [0.15, 0.2) is 0 Å². The highest BCUT2D eigenvalue weighted by molar-refractivity contribution is 5.35. The Balaban J connectivity index is 2.81. The second-order valence-corrected chi connectivity index (χ2v) is 2.84. The molecule has 11 heavy (non-hydrogen) atoms. The summed E-state index contributed by atoms with van der Waals surface area (Å²) in [7, 11) is 0. The number of hydrogen-bond donors (Lipinski definition) is 0. The van der Waals surface area contributed by atoms with Crippen LogP contribution in [0.5, 0.6) is 0 Å². The summed E-state index contributed by atoms with van der Waals surface area (Å²) in [5, 5.41) is 0. The molecule has 0 aromatic rings. The zero-order chi connectivity index (χ0) is 8.10. The summed E-state index contributed by atoms with van der Waals surface area (Å²) >= 11 is 0. The van der Waals surface area contributed by atoms with Gasteiger partial charge in [0, 0.05) is 5.70 Å². The lowest BCUT2D eigenvalue weighted by molar-refractivity contribution is 0.678. The molecule has 1 heteroatoms. The Bertz CT molecular complexity index is 199. The van der Waals surface area contributed by atoms with Crippen molar-refractivity contribution in [2.24, 2.45) is 4.99 Å². The fourth-order valence-corrected chi connectivity index (χ4v) is 1.47. The lowest BCUT2D eigenvalue weighted by Gasteiger charge is -2.13. The molecule has 1 aliphatic rings. The van der Waals surface area contributed by atoms with E-state index in [1.807, 2.05) is 6.92 Å². The molecule has 0 saturated carbocycles. The molecule has 0 aromatic carbocycles. The van der Waals surface area contributed by atoms with Crippen molar-refractivity contribution in [2.75, 3.05) is 0 Å². The SMILES string of the molecule is C=NC1=C(/C=C\C)CCCC1. The summed E-state index contributed by atoms with van der Waals surface area (Å²) in [4.78, 5) is 4.03. The first kappa shape index (κ1) is 8.25. The number of allylic oxidation sites excluding steroid dienone is 4. The van der Waals surface area contributed by atoms with Crippen LogP contribution in [0.15, 0.2) is 28.4 Å². The van der Waals surface area contributed by atoms with Crippen LogP contribution in [0.4, 0.5) is 0 Å². The first-order valence-corrected chi connectivity index (χ1v) is 4.20. The molecule has 0 radical (unpaired) electrons. The topological polar surface area (TPSA) is 12.4 Å². The van der Waals surface area contributed by atoms with E-state index < -0.39 is 0 Å². The van der Waals surface area contributed by atoms with Gasteiger partial charge in [-0.05, 0) is 44.9 Å². The second kappa shape index (κ2) is 4.12. The van der Waals surface area contributed by atoms with Crippen LogP contribution < -0.4 is 0 Å². The van der Waals surface area contributed by atoms with Gasteiger partial charge < -0.3 is 0 Å². The van der Waals surface area contributed by atoms with Crippen molar-refractivity contribution < 1.29 is 0 Å². The third-order valence-electron chi connectivity index (χ3n) is 2.04. The average Bonchev–Trinajstić information content (AvgIpc) is 2.06. The maximum Gasteiger partial charge on any atom is 0.0428 e. The van der Waals surface area contributed by atoms with Crippen molar-refractivity contribution >= 4 is 6.72 Å². The van der Waals surface area contributed by atoms with Crippen LogP contribution in [-0.4, -0.2) is 6.72 Å². The molecular formula is C10H15N. The minimum Gasteiger partial charge on any atom is -0.269 e. The highest BCUT2D eigenvalue weighted by Crippen LogP contribution is 2.25. The molecule has 0 spiro atoms. The second-order valence-electron chi connectivity index (χ2n) is 2.84. The van der Waals surface area contributed by atoms with E-state index in [9.17, 15) is 0 Å². The Morgan fingerprint density at radius 1 is 1.36 bits per heavy atom. The molecule has 1 aliphatic carbocycles. The molecule has 1 nitrogen and oxygen atoms in total. The molecule has 0 N–H and O–H groups in total. The van der Waals surface area contributed by atoms with Crippen LogP contribution in [0.3, 0.4) is 0 Å². The molecule has 0 heterocycles. The van der Waals surface area contributed by atoms with Gasteiger partial charge in [-0.1, -0.05) is 12.2 Å². The summed E-state index contributed by atoms with van der Waals surface area (Å²) in [5.74, 6) is 0. The van der Waals surface area contributed by atoms with E-state index in [1.54, 1.807) is 0 Å². The van der Waals surface area contributed by atoms with E-state index >= 15 is 0 Å². The first-order valence-electron chi connectivity index (χ1n) is 4.20. The van der Waals surface area contributed by atoms with Gasteiger partial charge in [-0.2, -0.15) is 0 Å². The van der Waals surface area contributed by atoms with Crippen LogP contribution in [0, 0.1) is 0 Å². The number of aliphatic imine (C=N–C) groups is 1. The number of hydrogen-bond acceptors (Lipinski definition) is 1. The third-order valence-corrected chi connectivity index (χ3v) is 2.04. The quantitative estimate of drug-likeness (QED) is 0.535. The maximum absolute atomic E-state index is 4.03.